The number of hydrogen-bond donors (Lipinski definition) is 9. The van der Waals surface area contributed by atoms with Crippen molar-refractivity contribution in [1.82, 2.24) is 16.0 Å². The van der Waals surface area contributed by atoms with Crippen molar-refractivity contribution in [2.75, 3.05) is 33.0 Å². The first-order valence-corrected chi connectivity index (χ1v) is 17.1. The van der Waals surface area contributed by atoms with E-state index in [1.807, 2.05) is 0 Å². The molecule has 0 aromatic heterocycles. The lowest BCUT2D eigenvalue weighted by Crippen LogP contribution is -2.64. The third-order valence-corrected chi connectivity index (χ3v) is 8.67. The number of ketones is 1. The van der Waals surface area contributed by atoms with Crippen LogP contribution < -0.4 is 16.0 Å². The van der Waals surface area contributed by atoms with E-state index in [0.717, 1.165) is 0 Å². The summed E-state index contributed by atoms with van der Waals surface area (Å²) in [6, 6.07) is -1.69. The molecule has 2 saturated heterocycles. The molecule has 0 aromatic rings. The number of amides is 3. The maximum atomic E-state index is 12.5. The highest BCUT2D eigenvalue weighted by atomic mass is 16.7. The van der Waals surface area contributed by atoms with Gasteiger partial charge in [-0.2, -0.15) is 0 Å². The highest BCUT2D eigenvalue weighted by Gasteiger charge is 2.45. The Morgan fingerprint density at radius 1 is 0.714 bits per heavy atom. The second kappa shape index (κ2) is 22.5. The maximum absolute atomic E-state index is 12.5. The van der Waals surface area contributed by atoms with Crippen LogP contribution in [-0.2, 0) is 38.1 Å². The molecule has 0 bridgehead atoms. The molecule has 2 rings (SSSR count). The molecule has 0 spiro atoms. The van der Waals surface area contributed by atoms with Crippen molar-refractivity contribution in [1.29, 1.82) is 0 Å². The number of unbranched alkanes of at least 4 members (excludes halogenated alkanes) is 3. The van der Waals surface area contributed by atoms with Gasteiger partial charge in [-0.15, -0.1) is 0 Å². The number of ether oxygens (including phenoxy) is 4. The lowest BCUT2D eigenvalue weighted by molar-refractivity contribution is -0.282. The number of aliphatic hydroxyl groups is 6. The van der Waals surface area contributed by atoms with Gasteiger partial charge in [0, 0.05) is 45.4 Å². The Bertz CT molecular complexity index is 1020. The largest absolute Gasteiger partial charge is 0.394 e. The maximum Gasteiger partial charge on any atom is 0.220 e. The Kier molecular flexibility index (Phi) is 19.7. The van der Waals surface area contributed by atoms with Crippen LogP contribution in [0.25, 0.3) is 0 Å². The molecule has 0 saturated carbocycles. The smallest absolute Gasteiger partial charge is 0.220 e. The van der Waals surface area contributed by atoms with Gasteiger partial charge < -0.3 is 65.5 Å². The van der Waals surface area contributed by atoms with Crippen molar-refractivity contribution in [2.24, 2.45) is 5.92 Å². The van der Waals surface area contributed by atoms with Crippen molar-refractivity contribution in [3.63, 3.8) is 0 Å². The van der Waals surface area contributed by atoms with Gasteiger partial charge in [-0.05, 0) is 51.9 Å². The molecule has 49 heavy (non-hydrogen) atoms. The molecule has 0 radical (unpaired) electrons. The molecule has 9 N–H and O–H groups in total. The van der Waals surface area contributed by atoms with Crippen LogP contribution in [0.2, 0.25) is 0 Å². The molecule has 3 amide bonds. The van der Waals surface area contributed by atoms with Crippen LogP contribution in [0.15, 0.2) is 0 Å². The zero-order valence-corrected chi connectivity index (χ0v) is 28.7. The van der Waals surface area contributed by atoms with Crippen LogP contribution in [0, 0.1) is 5.92 Å². The number of nitrogens with one attached hydrogen (secondary N) is 3. The quantitative estimate of drug-likeness (QED) is 0.0538. The lowest BCUT2D eigenvalue weighted by atomic mass is 9.92. The van der Waals surface area contributed by atoms with Gasteiger partial charge in [-0.1, -0.05) is 6.92 Å². The summed E-state index contributed by atoms with van der Waals surface area (Å²) in [6.07, 6.45) is -4.91. The van der Waals surface area contributed by atoms with E-state index >= 15 is 0 Å². The first kappa shape index (κ1) is 42.8. The topological polar surface area (TPSA) is 263 Å². The van der Waals surface area contributed by atoms with Crippen LogP contribution in [-0.4, -0.2) is 148 Å². The fourth-order valence-electron chi connectivity index (χ4n) is 5.63. The summed E-state index contributed by atoms with van der Waals surface area (Å²) in [7, 11) is 0. The minimum atomic E-state index is -1.41. The molecule has 2 fully saturated rings. The molecule has 11 unspecified atom stereocenters. The molecule has 0 aromatic carbocycles. The van der Waals surface area contributed by atoms with Gasteiger partial charge >= 0.3 is 0 Å². The summed E-state index contributed by atoms with van der Waals surface area (Å²) in [6.45, 7) is 4.16. The van der Waals surface area contributed by atoms with E-state index in [4.69, 9.17) is 18.9 Å². The van der Waals surface area contributed by atoms with E-state index in [1.54, 1.807) is 6.92 Å². The van der Waals surface area contributed by atoms with Crippen LogP contribution >= 0.6 is 0 Å². The summed E-state index contributed by atoms with van der Waals surface area (Å²) in [5.74, 6) is -1.53. The van der Waals surface area contributed by atoms with Gasteiger partial charge in [0.15, 0.2) is 18.4 Å². The number of aliphatic hydroxyl groups excluding tert-OH is 6. The van der Waals surface area contributed by atoms with Gasteiger partial charge in [0.1, 0.15) is 36.6 Å². The Morgan fingerprint density at radius 2 is 1.27 bits per heavy atom. The van der Waals surface area contributed by atoms with E-state index in [0.29, 0.717) is 57.9 Å². The van der Waals surface area contributed by atoms with Gasteiger partial charge in [-0.3, -0.25) is 19.2 Å². The average Bonchev–Trinajstić information content (AvgIpc) is 3.06. The van der Waals surface area contributed by atoms with Gasteiger partial charge in [-0.25, -0.2) is 0 Å². The summed E-state index contributed by atoms with van der Waals surface area (Å²) < 4.78 is 22.3. The molecule has 2 aliphatic heterocycles. The molecule has 17 heteroatoms. The summed E-state index contributed by atoms with van der Waals surface area (Å²) in [4.78, 5) is 48.3. The Balaban J connectivity index is 1.57. The molecule has 2 heterocycles. The molecular weight excluding hydrogens is 650 g/mol. The highest BCUT2D eigenvalue weighted by Crippen LogP contribution is 2.27. The Hall–Kier alpha value is -2.32. The third-order valence-electron chi connectivity index (χ3n) is 8.67. The molecule has 0 aliphatic carbocycles. The van der Waals surface area contributed by atoms with Crippen molar-refractivity contribution in [2.45, 2.75) is 140 Å². The van der Waals surface area contributed by atoms with Crippen molar-refractivity contribution < 1.29 is 68.8 Å². The monoisotopic (exact) mass is 707 g/mol. The average molecular weight is 708 g/mol. The second-order valence-corrected chi connectivity index (χ2v) is 12.7. The fraction of sp³-hybridized carbons (Fsp3) is 0.875. The predicted molar refractivity (Wildman–Crippen MR) is 171 cm³/mol. The summed E-state index contributed by atoms with van der Waals surface area (Å²) in [5, 5.41) is 67.2. The fourth-order valence-corrected chi connectivity index (χ4v) is 5.63. The Morgan fingerprint density at radius 3 is 1.84 bits per heavy atom. The first-order chi connectivity index (χ1) is 23.3. The normalized spacial score (nSPS) is 30.7. The minimum absolute atomic E-state index is 0.113. The van der Waals surface area contributed by atoms with Crippen LogP contribution in [0.1, 0.15) is 78.6 Å². The number of hydrogen-bond acceptors (Lipinski definition) is 14. The van der Waals surface area contributed by atoms with Crippen LogP contribution in [0.4, 0.5) is 0 Å². The van der Waals surface area contributed by atoms with Gasteiger partial charge in [0.05, 0.1) is 25.4 Å². The zero-order valence-electron chi connectivity index (χ0n) is 28.7. The van der Waals surface area contributed by atoms with Gasteiger partial charge in [0.25, 0.3) is 0 Å². The van der Waals surface area contributed by atoms with Crippen molar-refractivity contribution in [3.8, 4) is 0 Å². The van der Waals surface area contributed by atoms with Crippen LogP contribution in [0.5, 0.6) is 0 Å². The second-order valence-electron chi connectivity index (χ2n) is 12.7. The number of carbonyl (C=O) groups is 4. The molecule has 11 atom stereocenters. The standard InChI is InChI=1S/C32H57N3O14/c1-18-27(42)28(43)22(16-36)48-31(18)46-14-8-5-11-24(40)33-13-7-4-10-21(19(2)38)35-25(41)12-6-9-15-47-32-26(34-20(3)39)30(45)29(44)23(17-37)49-32/h18,21-23,26-32,36-37,42-45H,4-17H2,1-3H3,(H,33,40)(H,34,39)(H,35,41). The molecular formula is C32H57N3O14. The zero-order chi connectivity index (χ0) is 36.5. The lowest BCUT2D eigenvalue weighted by Gasteiger charge is -2.42. The first-order valence-electron chi connectivity index (χ1n) is 17.1. The number of rotatable bonds is 22. The SMILES string of the molecule is CC(=O)NC1C(OCCCCC(=O)NC(CCCCNC(=O)CCCCOC2OC(CO)C(O)C(O)C2C)C(C)=O)OC(CO)C(O)C1O. The van der Waals surface area contributed by atoms with E-state index in [9.17, 15) is 49.8 Å². The van der Waals surface area contributed by atoms with E-state index < -0.39 is 86.3 Å². The molecule has 17 nitrogen and oxygen atoms in total. The van der Waals surface area contributed by atoms with Crippen molar-refractivity contribution in [3.05, 3.63) is 0 Å². The summed E-state index contributed by atoms with van der Waals surface area (Å²) >= 11 is 0. The van der Waals surface area contributed by atoms with E-state index in [-0.39, 0.29) is 37.2 Å². The van der Waals surface area contributed by atoms with Crippen molar-refractivity contribution >= 4 is 23.5 Å². The Labute approximate surface area is 287 Å². The predicted octanol–water partition coefficient (Wildman–Crippen LogP) is -2.26. The van der Waals surface area contributed by atoms with Gasteiger partial charge in [0.2, 0.25) is 17.7 Å². The van der Waals surface area contributed by atoms with Crippen LogP contribution in [0.3, 0.4) is 0 Å². The number of carbonyl (C=O) groups excluding carboxylic acids is 4. The molecule has 2 aliphatic rings. The van der Waals surface area contributed by atoms with E-state index in [1.165, 1.54) is 13.8 Å². The summed E-state index contributed by atoms with van der Waals surface area (Å²) in [5.41, 5.74) is 0. The third kappa shape index (κ3) is 14.4. The number of Topliss-reactive ketones (excluding diaryl/α,β-unsaturated/α-hetero) is 1. The highest BCUT2D eigenvalue weighted by molar-refractivity contribution is 5.87. The van der Waals surface area contributed by atoms with E-state index in [2.05, 4.69) is 16.0 Å². The molecule has 284 valence electrons. The minimum Gasteiger partial charge on any atom is -0.394 e.